The molecule has 2 aromatic heterocycles. The van der Waals surface area contributed by atoms with Gasteiger partial charge in [-0.15, -0.1) is 0 Å². The number of H-pyrrole nitrogens is 1. The van der Waals surface area contributed by atoms with E-state index in [0.29, 0.717) is 38.6 Å². The standard InChI is InChI=1S/C25H32N4O4/c1-17(27-16-22(30)19-5-4-8-26-14-19)13-20-15-28-24-21(20)6-3-7-23(24)33-18(2)25(31)29-9-11-32-12-10-29/h3-8,14-15,17-18,22,27-28,30H,9-13,16H2,1-2H3/t17-,18?,22+/m1/s1. The summed E-state index contributed by atoms with van der Waals surface area (Å²) >= 11 is 0. The number of ether oxygens (including phenoxy) is 2. The van der Waals surface area contributed by atoms with Crippen LogP contribution in [0.1, 0.15) is 31.1 Å². The number of nitrogens with zero attached hydrogens (tertiary/aromatic N) is 2. The molecule has 4 rings (SSSR count). The number of pyridine rings is 1. The van der Waals surface area contributed by atoms with E-state index in [2.05, 4.69) is 28.3 Å². The lowest BCUT2D eigenvalue weighted by Crippen LogP contribution is -2.46. The lowest BCUT2D eigenvalue weighted by atomic mass is 10.1. The Morgan fingerprint density at radius 2 is 2.09 bits per heavy atom. The first kappa shape index (κ1) is 23.2. The predicted molar refractivity (Wildman–Crippen MR) is 126 cm³/mol. The number of fused-ring (bicyclic) bond motifs is 1. The molecule has 0 saturated carbocycles. The number of morpholine rings is 1. The maximum Gasteiger partial charge on any atom is 0.263 e. The van der Waals surface area contributed by atoms with Gasteiger partial charge in [0.15, 0.2) is 6.10 Å². The van der Waals surface area contributed by atoms with Crippen LogP contribution in [-0.2, 0) is 16.0 Å². The van der Waals surface area contributed by atoms with Gasteiger partial charge in [0.25, 0.3) is 5.91 Å². The van der Waals surface area contributed by atoms with Crippen LogP contribution in [-0.4, -0.2) is 70.9 Å². The van der Waals surface area contributed by atoms with Crippen LogP contribution in [0.3, 0.4) is 0 Å². The molecule has 1 unspecified atom stereocenters. The average molecular weight is 453 g/mol. The van der Waals surface area contributed by atoms with Crippen LogP contribution < -0.4 is 10.1 Å². The Labute approximate surface area is 193 Å². The Bertz CT molecular complexity index is 1050. The van der Waals surface area contributed by atoms with E-state index in [1.807, 2.05) is 30.5 Å². The summed E-state index contributed by atoms with van der Waals surface area (Å²) < 4.78 is 11.4. The number of aromatic amines is 1. The van der Waals surface area contributed by atoms with Gasteiger partial charge >= 0.3 is 0 Å². The second-order valence-corrected chi connectivity index (χ2v) is 8.51. The molecule has 1 aromatic carbocycles. The van der Waals surface area contributed by atoms with E-state index in [1.165, 1.54) is 0 Å². The fraction of sp³-hybridized carbons (Fsp3) is 0.440. The number of aliphatic hydroxyl groups is 1. The molecule has 3 aromatic rings. The van der Waals surface area contributed by atoms with Crippen molar-refractivity contribution in [2.75, 3.05) is 32.8 Å². The number of aliphatic hydroxyl groups excluding tert-OH is 1. The van der Waals surface area contributed by atoms with Crippen LogP contribution >= 0.6 is 0 Å². The van der Waals surface area contributed by atoms with Crippen molar-refractivity contribution in [1.29, 1.82) is 0 Å². The molecule has 3 atom stereocenters. The largest absolute Gasteiger partial charge is 0.479 e. The van der Waals surface area contributed by atoms with E-state index in [9.17, 15) is 9.90 Å². The fourth-order valence-corrected chi connectivity index (χ4v) is 4.14. The molecule has 0 spiro atoms. The molecular formula is C25H32N4O4. The smallest absolute Gasteiger partial charge is 0.263 e. The number of amides is 1. The quantitative estimate of drug-likeness (QED) is 0.461. The molecule has 0 bridgehead atoms. The van der Waals surface area contributed by atoms with E-state index < -0.39 is 12.2 Å². The van der Waals surface area contributed by atoms with E-state index in [4.69, 9.17) is 9.47 Å². The first-order valence-corrected chi connectivity index (χ1v) is 11.5. The van der Waals surface area contributed by atoms with E-state index in [-0.39, 0.29) is 11.9 Å². The van der Waals surface area contributed by atoms with Crippen molar-refractivity contribution in [3.05, 3.63) is 60.0 Å². The molecule has 3 N–H and O–H groups in total. The first-order chi connectivity index (χ1) is 16.0. The van der Waals surface area contributed by atoms with Gasteiger partial charge in [-0.05, 0) is 38.0 Å². The van der Waals surface area contributed by atoms with Gasteiger partial charge in [0.1, 0.15) is 5.75 Å². The molecule has 8 nitrogen and oxygen atoms in total. The van der Waals surface area contributed by atoms with Crippen LogP contribution in [0.2, 0.25) is 0 Å². The Hall–Kier alpha value is -2.94. The number of benzene rings is 1. The molecule has 1 saturated heterocycles. The summed E-state index contributed by atoms with van der Waals surface area (Å²) in [4.78, 5) is 21.9. The minimum atomic E-state index is -0.602. The van der Waals surface area contributed by atoms with Gasteiger partial charge in [-0.1, -0.05) is 18.2 Å². The maximum absolute atomic E-state index is 12.7. The summed E-state index contributed by atoms with van der Waals surface area (Å²) in [6.07, 6.45) is 4.97. The molecule has 1 aliphatic rings. The fourth-order valence-electron chi connectivity index (χ4n) is 4.14. The second kappa shape index (κ2) is 10.8. The highest BCUT2D eigenvalue weighted by Crippen LogP contribution is 2.29. The van der Waals surface area contributed by atoms with Crippen LogP contribution in [0.15, 0.2) is 48.9 Å². The molecule has 0 aliphatic carbocycles. The topological polar surface area (TPSA) is 99.7 Å². The van der Waals surface area contributed by atoms with Crippen molar-refractivity contribution >= 4 is 16.8 Å². The zero-order valence-electron chi connectivity index (χ0n) is 19.2. The SMILES string of the molecule is CC(Oc1cccc2c(C[C@@H](C)NC[C@H](O)c3cccnc3)c[nH]c12)C(=O)N1CCOCC1. The van der Waals surface area contributed by atoms with E-state index in [1.54, 1.807) is 24.2 Å². The highest BCUT2D eigenvalue weighted by molar-refractivity contribution is 5.89. The van der Waals surface area contributed by atoms with Crippen LogP contribution in [0.5, 0.6) is 5.75 Å². The number of carbonyl (C=O) groups is 1. The van der Waals surface area contributed by atoms with Crippen molar-refractivity contribution in [1.82, 2.24) is 20.2 Å². The molecule has 1 amide bonds. The number of nitrogens with one attached hydrogen (secondary N) is 2. The summed E-state index contributed by atoms with van der Waals surface area (Å²) in [5.41, 5.74) is 2.84. The highest BCUT2D eigenvalue weighted by Gasteiger charge is 2.24. The van der Waals surface area contributed by atoms with Crippen molar-refractivity contribution in [3.8, 4) is 5.75 Å². The van der Waals surface area contributed by atoms with Crippen LogP contribution in [0.4, 0.5) is 0 Å². The zero-order valence-corrected chi connectivity index (χ0v) is 19.2. The van der Waals surface area contributed by atoms with Gasteiger partial charge in [-0.3, -0.25) is 9.78 Å². The van der Waals surface area contributed by atoms with Gasteiger partial charge in [0, 0.05) is 55.2 Å². The van der Waals surface area contributed by atoms with E-state index >= 15 is 0 Å². The zero-order chi connectivity index (χ0) is 23.2. The molecule has 8 heteroatoms. The number of rotatable bonds is 9. The highest BCUT2D eigenvalue weighted by atomic mass is 16.5. The maximum atomic E-state index is 12.7. The number of hydrogen-bond donors (Lipinski definition) is 3. The number of carbonyl (C=O) groups excluding carboxylic acids is 1. The number of hydrogen-bond acceptors (Lipinski definition) is 6. The van der Waals surface area contributed by atoms with E-state index in [0.717, 1.165) is 28.5 Å². The lowest BCUT2D eigenvalue weighted by molar-refractivity contribution is -0.142. The van der Waals surface area contributed by atoms with Crippen molar-refractivity contribution < 1.29 is 19.4 Å². The summed E-state index contributed by atoms with van der Waals surface area (Å²) in [6.45, 7) is 6.68. The summed E-state index contributed by atoms with van der Waals surface area (Å²) in [5.74, 6) is 0.646. The van der Waals surface area contributed by atoms with Crippen molar-refractivity contribution in [2.45, 2.75) is 38.5 Å². The van der Waals surface area contributed by atoms with Gasteiger partial charge in [-0.25, -0.2) is 0 Å². The summed E-state index contributed by atoms with van der Waals surface area (Å²) in [6, 6.07) is 9.74. The molecule has 3 heterocycles. The first-order valence-electron chi connectivity index (χ1n) is 11.5. The van der Waals surface area contributed by atoms with Gasteiger partial charge in [-0.2, -0.15) is 0 Å². The summed E-state index contributed by atoms with van der Waals surface area (Å²) in [5, 5.41) is 14.8. The van der Waals surface area contributed by atoms with Gasteiger partial charge in [0.2, 0.25) is 0 Å². The van der Waals surface area contributed by atoms with Crippen LogP contribution in [0, 0.1) is 0 Å². The predicted octanol–water partition coefficient (Wildman–Crippen LogP) is 2.44. The Morgan fingerprint density at radius 3 is 2.85 bits per heavy atom. The average Bonchev–Trinajstić information content (AvgIpc) is 3.26. The third-order valence-corrected chi connectivity index (χ3v) is 5.99. The van der Waals surface area contributed by atoms with Crippen molar-refractivity contribution in [2.24, 2.45) is 0 Å². The number of aromatic nitrogens is 2. The van der Waals surface area contributed by atoms with Gasteiger partial charge in [0.05, 0.1) is 24.8 Å². The molecule has 1 fully saturated rings. The molecule has 33 heavy (non-hydrogen) atoms. The minimum absolute atomic E-state index is 0.0212. The third kappa shape index (κ3) is 5.71. The molecule has 1 aliphatic heterocycles. The molecule has 176 valence electrons. The minimum Gasteiger partial charge on any atom is -0.479 e. The second-order valence-electron chi connectivity index (χ2n) is 8.51. The lowest BCUT2D eigenvalue weighted by Gasteiger charge is -2.29. The Balaban J connectivity index is 1.37. The Morgan fingerprint density at radius 1 is 1.27 bits per heavy atom. The summed E-state index contributed by atoms with van der Waals surface area (Å²) in [7, 11) is 0. The van der Waals surface area contributed by atoms with Crippen molar-refractivity contribution in [3.63, 3.8) is 0 Å². The molecular weight excluding hydrogens is 420 g/mol. The van der Waals surface area contributed by atoms with Gasteiger partial charge < -0.3 is 29.8 Å². The van der Waals surface area contributed by atoms with Crippen LogP contribution in [0.25, 0.3) is 10.9 Å². The molecule has 0 radical (unpaired) electrons. The monoisotopic (exact) mass is 452 g/mol. The number of para-hydroxylation sites is 1. The Kier molecular flexibility index (Phi) is 7.59. The third-order valence-electron chi connectivity index (χ3n) is 5.99. The normalized spacial score (nSPS) is 17.0.